The summed E-state index contributed by atoms with van der Waals surface area (Å²) in [6, 6.07) is 16.2. The minimum atomic E-state index is 0.0850. The molecule has 7 heteroatoms. The van der Waals surface area contributed by atoms with Crippen LogP contribution < -0.4 is 0 Å². The van der Waals surface area contributed by atoms with Gasteiger partial charge in [0.05, 0.1) is 22.1 Å². The van der Waals surface area contributed by atoms with Crippen LogP contribution in [0.25, 0.3) is 22.6 Å². The monoisotopic (exact) mass is 457 g/mol. The van der Waals surface area contributed by atoms with Crippen LogP contribution in [0.1, 0.15) is 26.8 Å². The second kappa shape index (κ2) is 8.90. The molecule has 1 aromatic carbocycles. The number of benzene rings is 1. The molecule has 0 saturated heterocycles. The number of fused-ring (bicyclic) bond motifs is 1. The Balaban J connectivity index is 1.42. The Morgan fingerprint density at radius 3 is 2.55 bits per heavy atom. The number of aryl methyl sites for hydroxylation is 3. The smallest absolute Gasteiger partial charge is 0.244 e. The number of aromatic nitrogens is 4. The normalized spacial score (nSPS) is 13.6. The van der Waals surface area contributed by atoms with Gasteiger partial charge in [0.2, 0.25) is 5.91 Å². The molecular formula is C26H27N5OS. The van der Waals surface area contributed by atoms with Crippen molar-refractivity contribution in [2.24, 2.45) is 0 Å². The maximum Gasteiger partial charge on any atom is 0.244 e. The van der Waals surface area contributed by atoms with Crippen LogP contribution in [0.2, 0.25) is 0 Å². The van der Waals surface area contributed by atoms with Crippen molar-refractivity contribution in [2.75, 3.05) is 13.1 Å². The fourth-order valence-electron chi connectivity index (χ4n) is 4.25. The summed E-state index contributed by atoms with van der Waals surface area (Å²) >= 11 is 1.75. The Kier molecular flexibility index (Phi) is 5.81. The molecule has 0 N–H and O–H groups in total. The molecule has 0 bridgehead atoms. The highest BCUT2D eigenvalue weighted by Gasteiger charge is 2.23. The summed E-state index contributed by atoms with van der Waals surface area (Å²) in [5, 5.41) is 5.93. The van der Waals surface area contributed by atoms with E-state index in [1.54, 1.807) is 11.3 Å². The minimum absolute atomic E-state index is 0.0850. The quantitative estimate of drug-likeness (QED) is 0.449. The third-order valence-corrected chi connectivity index (χ3v) is 7.29. The number of carbonyl (C=O) groups is 1. The molecule has 0 aliphatic carbocycles. The summed E-state index contributed by atoms with van der Waals surface area (Å²) in [4.78, 5) is 26.0. The lowest BCUT2D eigenvalue weighted by molar-refractivity contribution is -0.131. The van der Waals surface area contributed by atoms with E-state index < -0.39 is 0 Å². The molecule has 0 radical (unpaired) electrons. The van der Waals surface area contributed by atoms with Gasteiger partial charge < -0.3 is 4.90 Å². The van der Waals surface area contributed by atoms with E-state index in [-0.39, 0.29) is 12.5 Å². The molecule has 4 heterocycles. The molecular weight excluding hydrogens is 430 g/mol. The molecule has 0 fully saturated rings. The predicted molar refractivity (Wildman–Crippen MR) is 131 cm³/mol. The summed E-state index contributed by atoms with van der Waals surface area (Å²) in [7, 11) is 0. The lowest BCUT2D eigenvalue weighted by Crippen LogP contribution is -2.36. The summed E-state index contributed by atoms with van der Waals surface area (Å²) in [6.07, 6.45) is 1.68. The molecule has 1 aliphatic rings. The highest BCUT2D eigenvalue weighted by atomic mass is 32.1. The molecule has 0 atom stereocenters. The van der Waals surface area contributed by atoms with E-state index in [1.165, 1.54) is 4.88 Å². The zero-order valence-electron chi connectivity index (χ0n) is 19.2. The number of carbonyl (C=O) groups excluding carboxylic acids is 1. The summed E-state index contributed by atoms with van der Waals surface area (Å²) in [6.45, 7) is 7.73. The van der Waals surface area contributed by atoms with Crippen LogP contribution in [-0.2, 0) is 24.2 Å². The first kappa shape index (κ1) is 21.5. The van der Waals surface area contributed by atoms with Crippen LogP contribution in [0.5, 0.6) is 0 Å². The summed E-state index contributed by atoms with van der Waals surface area (Å²) in [5.74, 6) is 0.0850. The molecule has 5 rings (SSSR count). The number of amides is 1. The van der Waals surface area contributed by atoms with Crippen LogP contribution in [0.4, 0.5) is 0 Å². The van der Waals surface area contributed by atoms with Crippen LogP contribution in [0.15, 0.2) is 48.5 Å². The molecule has 1 aliphatic heterocycles. The average molecular weight is 458 g/mol. The first-order valence-corrected chi connectivity index (χ1v) is 12.1. The van der Waals surface area contributed by atoms with Gasteiger partial charge in [0.25, 0.3) is 0 Å². The fraction of sp³-hybridized carbons (Fsp3) is 0.308. The Hall–Kier alpha value is -3.32. The van der Waals surface area contributed by atoms with E-state index in [2.05, 4.69) is 18.0 Å². The van der Waals surface area contributed by atoms with Crippen LogP contribution >= 0.6 is 11.3 Å². The zero-order valence-corrected chi connectivity index (χ0v) is 20.0. The van der Waals surface area contributed by atoms with Crippen molar-refractivity contribution in [1.82, 2.24) is 24.6 Å². The molecule has 4 aromatic rings. The molecule has 33 heavy (non-hydrogen) atoms. The van der Waals surface area contributed by atoms with Gasteiger partial charge in [0, 0.05) is 36.5 Å². The van der Waals surface area contributed by atoms with Crippen molar-refractivity contribution in [3.63, 3.8) is 0 Å². The lowest BCUT2D eigenvalue weighted by atomic mass is 10.1. The van der Waals surface area contributed by atoms with Gasteiger partial charge in [-0.2, -0.15) is 5.10 Å². The topological polar surface area (TPSA) is 63.9 Å². The van der Waals surface area contributed by atoms with Crippen molar-refractivity contribution >= 4 is 17.2 Å². The lowest BCUT2D eigenvalue weighted by Gasteiger charge is -2.20. The number of hydrogen-bond donors (Lipinski definition) is 0. The van der Waals surface area contributed by atoms with Gasteiger partial charge in [0.1, 0.15) is 12.2 Å². The first-order valence-electron chi connectivity index (χ1n) is 11.3. The SMILES string of the molecule is Cc1nc2c(s1)CCN(C(=O)Cn1nc(-c3ccc(C)c(C)n3)cc1-c1ccccc1)CC2. The van der Waals surface area contributed by atoms with Crippen LogP contribution in [0, 0.1) is 20.8 Å². The largest absolute Gasteiger partial charge is 0.340 e. The Bertz CT molecular complexity index is 1280. The van der Waals surface area contributed by atoms with E-state index in [0.717, 1.165) is 64.0 Å². The number of hydrogen-bond acceptors (Lipinski definition) is 5. The maximum absolute atomic E-state index is 13.3. The van der Waals surface area contributed by atoms with Crippen LogP contribution in [-0.4, -0.2) is 43.6 Å². The van der Waals surface area contributed by atoms with Gasteiger partial charge in [0.15, 0.2) is 0 Å². The highest BCUT2D eigenvalue weighted by Crippen LogP contribution is 2.27. The summed E-state index contributed by atoms with van der Waals surface area (Å²) in [5.41, 5.74) is 6.84. The van der Waals surface area contributed by atoms with Gasteiger partial charge in [-0.25, -0.2) is 4.98 Å². The van der Waals surface area contributed by atoms with E-state index in [1.807, 2.05) is 65.9 Å². The van der Waals surface area contributed by atoms with Gasteiger partial charge in [-0.3, -0.25) is 14.5 Å². The molecule has 0 spiro atoms. The number of rotatable bonds is 4. The van der Waals surface area contributed by atoms with Crippen molar-refractivity contribution in [1.29, 1.82) is 0 Å². The molecule has 6 nitrogen and oxygen atoms in total. The maximum atomic E-state index is 13.3. The predicted octanol–water partition coefficient (Wildman–Crippen LogP) is 4.62. The van der Waals surface area contributed by atoms with E-state index in [9.17, 15) is 4.79 Å². The molecule has 0 unspecified atom stereocenters. The van der Waals surface area contributed by atoms with Crippen molar-refractivity contribution in [3.05, 3.63) is 75.4 Å². The second-order valence-corrected chi connectivity index (χ2v) is 9.81. The Morgan fingerprint density at radius 1 is 0.970 bits per heavy atom. The highest BCUT2D eigenvalue weighted by molar-refractivity contribution is 7.11. The standard InChI is InChI=1S/C26H27N5OS/c1-17-9-10-21(27-18(17)2)23-15-24(20-7-5-4-6-8-20)31(29-23)16-26(32)30-13-11-22-25(12-14-30)33-19(3)28-22/h4-10,15H,11-14,16H2,1-3H3. The third kappa shape index (κ3) is 4.46. The van der Waals surface area contributed by atoms with Crippen molar-refractivity contribution < 1.29 is 4.79 Å². The third-order valence-electron chi connectivity index (χ3n) is 6.21. The van der Waals surface area contributed by atoms with E-state index in [4.69, 9.17) is 10.1 Å². The first-order chi connectivity index (χ1) is 16.0. The molecule has 0 saturated carbocycles. The van der Waals surface area contributed by atoms with Gasteiger partial charge in [-0.05, 0) is 44.0 Å². The minimum Gasteiger partial charge on any atom is -0.340 e. The van der Waals surface area contributed by atoms with Crippen molar-refractivity contribution in [3.8, 4) is 22.6 Å². The van der Waals surface area contributed by atoms with E-state index in [0.29, 0.717) is 6.54 Å². The number of nitrogens with zero attached hydrogens (tertiary/aromatic N) is 5. The molecule has 168 valence electrons. The van der Waals surface area contributed by atoms with Crippen molar-refractivity contribution in [2.45, 2.75) is 40.2 Å². The fourth-order valence-corrected chi connectivity index (χ4v) is 5.22. The zero-order chi connectivity index (χ0) is 22.9. The average Bonchev–Trinajstić information content (AvgIpc) is 3.33. The van der Waals surface area contributed by atoms with Crippen LogP contribution in [0.3, 0.4) is 0 Å². The Labute approximate surface area is 197 Å². The Morgan fingerprint density at radius 2 is 1.76 bits per heavy atom. The molecule has 1 amide bonds. The number of thiazole rings is 1. The molecule has 3 aromatic heterocycles. The second-order valence-electron chi connectivity index (χ2n) is 8.52. The summed E-state index contributed by atoms with van der Waals surface area (Å²) < 4.78 is 1.83. The van der Waals surface area contributed by atoms with Gasteiger partial charge in [-0.15, -0.1) is 11.3 Å². The van der Waals surface area contributed by atoms with Gasteiger partial charge in [-0.1, -0.05) is 36.4 Å². The van der Waals surface area contributed by atoms with Gasteiger partial charge >= 0.3 is 0 Å². The van der Waals surface area contributed by atoms with E-state index >= 15 is 0 Å². The number of pyridine rings is 1.